The molecule has 1 nitrogen and oxygen atoms in total. The molecule has 11 heavy (non-hydrogen) atoms. The van der Waals surface area contributed by atoms with Crippen molar-refractivity contribution < 1.29 is 13.5 Å². The summed E-state index contributed by atoms with van der Waals surface area (Å²) in [6, 6.07) is 2.82. The fourth-order valence-corrected chi connectivity index (χ4v) is 0.619. The van der Waals surface area contributed by atoms with E-state index in [1.165, 1.54) is 0 Å². The maximum absolute atomic E-state index is 12.6. The highest BCUT2D eigenvalue weighted by atomic mass is 19.1. The van der Waals surface area contributed by atoms with Gasteiger partial charge in [-0.3, -0.25) is 0 Å². The van der Waals surface area contributed by atoms with Gasteiger partial charge in [-0.2, -0.15) is 0 Å². The molecule has 0 N–H and O–H groups in total. The van der Waals surface area contributed by atoms with Crippen molar-refractivity contribution in [2.75, 3.05) is 0 Å². The SMILES string of the molecule is C#COc1cc(F)ccc1F. The van der Waals surface area contributed by atoms with Crippen molar-refractivity contribution in [2.24, 2.45) is 0 Å². The quantitative estimate of drug-likeness (QED) is 0.561. The van der Waals surface area contributed by atoms with Crippen LogP contribution in [0.25, 0.3) is 0 Å². The van der Waals surface area contributed by atoms with Gasteiger partial charge in [0, 0.05) is 6.07 Å². The standard InChI is InChI=1S/C8H4F2O/c1-2-11-8-5-6(9)3-4-7(8)10/h1,3-5H. The lowest BCUT2D eigenvalue weighted by Gasteiger charge is -1.97. The first-order chi connectivity index (χ1) is 5.24. The van der Waals surface area contributed by atoms with Gasteiger partial charge in [0.25, 0.3) is 0 Å². The Labute approximate surface area is 62.6 Å². The van der Waals surface area contributed by atoms with Crippen molar-refractivity contribution in [1.29, 1.82) is 0 Å². The summed E-state index contributed by atoms with van der Waals surface area (Å²) in [6.07, 6.45) is 6.46. The Kier molecular flexibility index (Phi) is 2.07. The first-order valence-corrected chi connectivity index (χ1v) is 2.81. The lowest BCUT2D eigenvalue weighted by Crippen LogP contribution is -1.87. The molecule has 0 aromatic heterocycles. The van der Waals surface area contributed by atoms with Crippen LogP contribution >= 0.6 is 0 Å². The first kappa shape index (κ1) is 7.55. The normalized spacial score (nSPS) is 8.82. The Morgan fingerprint density at radius 3 is 2.73 bits per heavy atom. The lowest BCUT2D eigenvalue weighted by molar-refractivity contribution is 0.462. The first-order valence-electron chi connectivity index (χ1n) is 2.81. The molecule has 0 aliphatic carbocycles. The van der Waals surface area contributed by atoms with E-state index in [4.69, 9.17) is 6.42 Å². The summed E-state index contributed by atoms with van der Waals surface area (Å²) < 4.78 is 29.3. The second-order valence-electron chi connectivity index (χ2n) is 1.79. The van der Waals surface area contributed by atoms with Crippen LogP contribution < -0.4 is 4.74 Å². The van der Waals surface area contributed by atoms with Crippen molar-refractivity contribution in [3.8, 4) is 18.3 Å². The average Bonchev–Trinajstić information content (AvgIpc) is 1.98. The van der Waals surface area contributed by atoms with Crippen molar-refractivity contribution in [2.45, 2.75) is 0 Å². The molecule has 0 saturated carbocycles. The Morgan fingerprint density at radius 2 is 2.09 bits per heavy atom. The highest BCUT2D eigenvalue weighted by Crippen LogP contribution is 2.17. The number of halogens is 2. The molecular formula is C8H4F2O. The van der Waals surface area contributed by atoms with Gasteiger partial charge in [-0.1, -0.05) is 6.42 Å². The highest BCUT2D eigenvalue weighted by molar-refractivity contribution is 5.26. The topological polar surface area (TPSA) is 9.23 Å². The maximum Gasteiger partial charge on any atom is 0.178 e. The minimum Gasteiger partial charge on any atom is -0.405 e. The predicted octanol–water partition coefficient (Wildman–Crippen LogP) is 1.93. The van der Waals surface area contributed by atoms with Crippen molar-refractivity contribution in [3.05, 3.63) is 29.8 Å². The van der Waals surface area contributed by atoms with E-state index >= 15 is 0 Å². The van der Waals surface area contributed by atoms with Gasteiger partial charge >= 0.3 is 0 Å². The molecule has 0 bridgehead atoms. The molecule has 1 rings (SSSR count). The van der Waals surface area contributed by atoms with Crippen LogP contribution in [0.15, 0.2) is 18.2 Å². The van der Waals surface area contributed by atoms with E-state index in [1.54, 1.807) is 6.11 Å². The lowest BCUT2D eigenvalue weighted by atomic mass is 10.3. The van der Waals surface area contributed by atoms with Crippen molar-refractivity contribution in [3.63, 3.8) is 0 Å². The molecule has 0 unspecified atom stereocenters. The van der Waals surface area contributed by atoms with Crippen LogP contribution in [0.4, 0.5) is 8.78 Å². The van der Waals surface area contributed by atoms with Crippen LogP contribution in [0.2, 0.25) is 0 Å². The van der Waals surface area contributed by atoms with Crippen LogP contribution in [0.1, 0.15) is 0 Å². The summed E-state index contributed by atoms with van der Waals surface area (Å²) in [5.74, 6) is -1.53. The Balaban J connectivity index is 3.05. The molecule has 1 aromatic carbocycles. The minimum absolute atomic E-state index is 0.271. The summed E-state index contributed by atoms with van der Waals surface area (Å²) in [4.78, 5) is 0. The van der Waals surface area contributed by atoms with Gasteiger partial charge in [0.2, 0.25) is 0 Å². The van der Waals surface area contributed by atoms with Crippen LogP contribution in [-0.4, -0.2) is 0 Å². The summed E-state index contributed by atoms with van der Waals surface area (Å²) in [5.41, 5.74) is 0. The van der Waals surface area contributed by atoms with Gasteiger partial charge < -0.3 is 4.74 Å². The molecule has 0 aliphatic heterocycles. The van der Waals surface area contributed by atoms with Crippen LogP contribution in [-0.2, 0) is 0 Å². The molecule has 0 aliphatic rings. The molecule has 0 saturated heterocycles. The van der Waals surface area contributed by atoms with E-state index in [9.17, 15) is 8.78 Å². The fraction of sp³-hybridized carbons (Fsp3) is 0. The molecular weight excluding hydrogens is 150 g/mol. The third-order valence-corrected chi connectivity index (χ3v) is 1.06. The number of hydrogen-bond acceptors (Lipinski definition) is 1. The molecule has 3 heteroatoms. The van der Waals surface area contributed by atoms with Gasteiger partial charge in [-0.05, 0) is 12.1 Å². The third kappa shape index (κ3) is 1.68. The maximum atomic E-state index is 12.6. The molecule has 1 aromatic rings. The number of hydrogen-bond donors (Lipinski definition) is 0. The monoisotopic (exact) mass is 154 g/mol. The fourth-order valence-electron chi connectivity index (χ4n) is 0.619. The summed E-state index contributed by atoms with van der Waals surface area (Å²) in [7, 11) is 0. The van der Waals surface area contributed by atoms with E-state index in [2.05, 4.69) is 4.74 Å². The van der Waals surface area contributed by atoms with Gasteiger partial charge in [0.05, 0.1) is 0 Å². The van der Waals surface area contributed by atoms with Gasteiger partial charge in [0.1, 0.15) is 11.9 Å². The van der Waals surface area contributed by atoms with E-state index in [0.717, 1.165) is 18.2 Å². The molecule has 0 atom stereocenters. The van der Waals surface area contributed by atoms with Crippen molar-refractivity contribution >= 4 is 0 Å². The third-order valence-electron chi connectivity index (χ3n) is 1.06. The van der Waals surface area contributed by atoms with Crippen molar-refractivity contribution in [1.82, 2.24) is 0 Å². The summed E-state index contributed by atoms with van der Waals surface area (Å²) in [5, 5.41) is 0. The molecule has 0 amide bonds. The highest BCUT2D eigenvalue weighted by Gasteiger charge is 2.02. The van der Waals surface area contributed by atoms with E-state index < -0.39 is 11.6 Å². The van der Waals surface area contributed by atoms with E-state index in [-0.39, 0.29) is 5.75 Å². The average molecular weight is 154 g/mol. The molecule has 0 heterocycles. The van der Waals surface area contributed by atoms with Gasteiger partial charge in [-0.15, -0.1) is 0 Å². The number of ether oxygens (including phenoxy) is 1. The van der Waals surface area contributed by atoms with E-state index in [1.807, 2.05) is 0 Å². The Hall–Kier alpha value is -1.56. The second-order valence-corrected chi connectivity index (χ2v) is 1.79. The summed E-state index contributed by atoms with van der Waals surface area (Å²) >= 11 is 0. The largest absolute Gasteiger partial charge is 0.405 e. The van der Waals surface area contributed by atoms with Gasteiger partial charge in [0.15, 0.2) is 11.6 Å². The Morgan fingerprint density at radius 1 is 1.36 bits per heavy atom. The minimum atomic E-state index is -0.677. The second kappa shape index (κ2) is 3.02. The predicted molar refractivity (Wildman–Crippen MR) is 35.8 cm³/mol. The van der Waals surface area contributed by atoms with Gasteiger partial charge in [-0.25, -0.2) is 8.78 Å². The zero-order chi connectivity index (χ0) is 8.27. The molecule has 56 valence electrons. The van der Waals surface area contributed by atoms with Crippen LogP contribution in [0.5, 0.6) is 5.75 Å². The zero-order valence-corrected chi connectivity index (χ0v) is 5.47. The zero-order valence-electron chi connectivity index (χ0n) is 5.47. The summed E-state index contributed by atoms with van der Waals surface area (Å²) in [6.45, 7) is 0. The molecule has 0 radical (unpaired) electrons. The number of rotatable bonds is 1. The smallest absolute Gasteiger partial charge is 0.178 e. The Bertz CT molecular complexity index is 301. The van der Waals surface area contributed by atoms with Crippen LogP contribution in [0, 0.1) is 24.2 Å². The number of terminal acetylenes is 1. The van der Waals surface area contributed by atoms with E-state index in [0.29, 0.717) is 0 Å². The number of benzene rings is 1. The molecule has 0 fully saturated rings. The molecule has 0 spiro atoms. The van der Waals surface area contributed by atoms with Crippen LogP contribution in [0.3, 0.4) is 0 Å².